The molecule has 104 valence electrons. The summed E-state index contributed by atoms with van der Waals surface area (Å²) >= 11 is 0. The van der Waals surface area contributed by atoms with E-state index in [1.807, 2.05) is 45.0 Å². The van der Waals surface area contributed by atoms with E-state index < -0.39 is 0 Å². The summed E-state index contributed by atoms with van der Waals surface area (Å²) in [6.07, 6.45) is 0.228. The van der Waals surface area contributed by atoms with Crippen molar-refractivity contribution in [2.45, 2.75) is 32.6 Å². The highest BCUT2D eigenvalue weighted by Crippen LogP contribution is 2.25. The molecule has 0 aliphatic heterocycles. The number of benzene rings is 2. The average Bonchev–Trinajstić information content (AvgIpc) is 2.38. The normalized spacial score (nSPS) is 11.4. The first kappa shape index (κ1) is 14.4. The smallest absolute Gasteiger partial charge is 0.167 e. The molecular weight excluding hydrogens is 251 g/mol. The van der Waals surface area contributed by atoms with E-state index in [2.05, 4.69) is 0 Å². The second kappa shape index (κ2) is 5.58. The largest absolute Gasteiger partial charge is 0.294 e. The molecule has 0 heterocycles. The summed E-state index contributed by atoms with van der Waals surface area (Å²) in [5.41, 5.74) is 1.82. The molecule has 0 aliphatic carbocycles. The van der Waals surface area contributed by atoms with E-state index in [9.17, 15) is 9.18 Å². The van der Waals surface area contributed by atoms with Gasteiger partial charge in [0, 0.05) is 12.0 Å². The van der Waals surface area contributed by atoms with E-state index in [-0.39, 0.29) is 23.4 Å². The van der Waals surface area contributed by atoms with Gasteiger partial charge in [0.05, 0.1) is 0 Å². The SMILES string of the molecule is CC(C)(C)c1ccc(CC(=O)c2ccccc2)cc1F. The molecule has 2 rings (SSSR count). The Hall–Kier alpha value is -1.96. The van der Waals surface area contributed by atoms with Gasteiger partial charge in [0.15, 0.2) is 5.78 Å². The van der Waals surface area contributed by atoms with Crippen LogP contribution >= 0.6 is 0 Å². The molecule has 0 unspecified atom stereocenters. The Kier molecular flexibility index (Phi) is 4.03. The maximum Gasteiger partial charge on any atom is 0.167 e. The van der Waals surface area contributed by atoms with Crippen LogP contribution in [0.5, 0.6) is 0 Å². The van der Waals surface area contributed by atoms with E-state index in [1.54, 1.807) is 18.2 Å². The standard InChI is InChI=1S/C18H19FO/c1-18(2,3)15-10-9-13(11-16(15)19)12-17(20)14-7-5-4-6-8-14/h4-11H,12H2,1-3H3. The van der Waals surface area contributed by atoms with Gasteiger partial charge in [-0.3, -0.25) is 4.79 Å². The topological polar surface area (TPSA) is 17.1 Å². The Morgan fingerprint density at radius 2 is 1.70 bits per heavy atom. The predicted octanol–water partition coefficient (Wildman–Crippen LogP) is 4.55. The van der Waals surface area contributed by atoms with Crippen molar-refractivity contribution in [1.29, 1.82) is 0 Å². The fourth-order valence-electron chi connectivity index (χ4n) is 2.19. The first-order valence-corrected chi connectivity index (χ1v) is 6.75. The summed E-state index contributed by atoms with van der Waals surface area (Å²) in [4.78, 5) is 12.1. The lowest BCUT2D eigenvalue weighted by atomic mass is 9.86. The molecule has 2 aromatic carbocycles. The van der Waals surface area contributed by atoms with Crippen molar-refractivity contribution in [3.63, 3.8) is 0 Å². The highest BCUT2D eigenvalue weighted by atomic mass is 19.1. The van der Waals surface area contributed by atoms with Crippen LogP contribution in [0.25, 0.3) is 0 Å². The van der Waals surface area contributed by atoms with Crippen LogP contribution in [-0.2, 0) is 11.8 Å². The molecule has 0 amide bonds. The molecule has 0 spiro atoms. The van der Waals surface area contributed by atoms with Gasteiger partial charge in [0.25, 0.3) is 0 Å². The highest BCUT2D eigenvalue weighted by molar-refractivity contribution is 5.97. The van der Waals surface area contributed by atoms with Crippen LogP contribution in [-0.4, -0.2) is 5.78 Å². The minimum Gasteiger partial charge on any atom is -0.294 e. The van der Waals surface area contributed by atoms with Gasteiger partial charge in [-0.25, -0.2) is 4.39 Å². The fraction of sp³-hybridized carbons (Fsp3) is 0.278. The van der Waals surface area contributed by atoms with Crippen LogP contribution in [0, 0.1) is 5.82 Å². The first-order chi connectivity index (χ1) is 9.38. The third-order valence-corrected chi connectivity index (χ3v) is 3.30. The molecule has 0 bridgehead atoms. The Labute approximate surface area is 119 Å². The number of ketones is 1. The van der Waals surface area contributed by atoms with E-state index in [0.717, 1.165) is 0 Å². The molecule has 0 saturated heterocycles. The van der Waals surface area contributed by atoms with Gasteiger partial charge in [0.1, 0.15) is 5.82 Å². The zero-order chi connectivity index (χ0) is 14.8. The number of halogens is 1. The Morgan fingerprint density at radius 3 is 2.25 bits per heavy atom. The van der Waals surface area contributed by atoms with Gasteiger partial charge in [-0.2, -0.15) is 0 Å². The number of Topliss-reactive ketones (excluding diaryl/α,β-unsaturated/α-hetero) is 1. The molecule has 0 saturated carbocycles. The zero-order valence-corrected chi connectivity index (χ0v) is 12.1. The van der Waals surface area contributed by atoms with Crippen LogP contribution in [0.15, 0.2) is 48.5 Å². The van der Waals surface area contributed by atoms with Gasteiger partial charge < -0.3 is 0 Å². The van der Waals surface area contributed by atoms with Crippen molar-refractivity contribution in [2.24, 2.45) is 0 Å². The van der Waals surface area contributed by atoms with Gasteiger partial charge in [-0.05, 0) is 22.6 Å². The van der Waals surface area contributed by atoms with Gasteiger partial charge in [0.2, 0.25) is 0 Å². The molecule has 1 nitrogen and oxygen atoms in total. The van der Waals surface area contributed by atoms with Crippen LogP contribution in [0.1, 0.15) is 42.3 Å². The summed E-state index contributed by atoms with van der Waals surface area (Å²) in [6.45, 7) is 5.92. The Morgan fingerprint density at radius 1 is 1.05 bits per heavy atom. The van der Waals surface area contributed by atoms with E-state index in [0.29, 0.717) is 16.7 Å². The van der Waals surface area contributed by atoms with Gasteiger partial charge in [-0.15, -0.1) is 0 Å². The van der Waals surface area contributed by atoms with E-state index in [4.69, 9.17) is 0 Å². The van der Waals surface area contributed by atoms with Crippen LogP contribution < -0.4 is 0 Å². The first-order valence-electron chi connectivity index (χ1n) is 6.75. The number of hydrogen-bond donors (Lipinski definition) is 0. The third kappa shape index (κ3) is 3.32. The number of hydrogen-bond acceptors (Lipinski definition) is 1. The maximum absolute atomic E-state index is 14.1. The van der Waals surface area contributed by atoms with Crippen LogP contribution in [0.4, 0.5) is 4.39 Å². The van der Waals surface area contributed by atoms with Crippen molar-refractivity contribution in [1.82, 2.24) is 0 Å². The number of rotatable bonds is 3. The molecule has 0 aliphatic rings. The minimum absolute atomic E-state index is 0.00788. The van der Waals surface area contributed by atoms with Crippen molar-refractivity contribution in [3.8, 4) is 0 Å². The molecule has 0 aromatic heterocycles. The summed E-state index contributed by atoms with van der Waals surface area (Å²) in [5.74, 6) is -0.232. The summed E-state index contributed by atoms with van der Waals surface area (Å²) < 4.78 is 14.1. The molecule has 20 heavy (non-hydrogen) atoms. The van der Waals surface area contributed by atoms with Gasteiger partial charge >= 0.3 is 0 Å². The Balaban J connectivity index is 2.20. The fourth-order valence-corrected chi connectivity index (χ4v) is 2.19. The predicted molar refractivity (Wildman–Crippen MR) is 79.6 cm³/mol. The molecule has 0 atom stereocenters. The molecule has 2 heteroatoms. The molecular formula is C18H19FO. The lowest BCUT2D eigenvalue weighted by molar-refractivity contribution is 0.0993. The lowest BCUT2D eigenvalue weighted by Gasteiger charge is -2.20. The second-order valence-electron chi connectivity index (χ2n) is 6.03. The second-order valence-corrected chi connectivity index (χ2v) is 6.03. The maximum atomic E-state index is 14.1. The monoisotopic (exact) mass is 270 g/mol. The third-order valence-electron chi connectivity index (χ3n) is 3.30. The number of carbonyl (C=O) groups is 1. The van der Waals surface area contributed by atoms with Crippen molar-refractivity contribution in [3.05, 3.63) is 71.0 Å². The summed E-state index contributed by atoms with van der Waals surface area (Å²) in [7, 11) is 0. The lowest BCUT2D eigenvalue weighted by Crippen LogP contribution is -2.14. The van der Waals surface area contributed by atoms with Crippen LogP contribution in [0.2, 0.25) is 0 Å². The van der Waals surface area contributed by atoms with Crippen molar-refractivity contribution < 1.29 is 9.18 Å². The molecule has 0 radical (unpaired) electrons. The summed E-state index contributed by atoms with van der Waals surface area (Å²) in [5, 5.41) is 0. The quantitative estimate of drug-likeness (QED) is 0.748. The molecule has 0 fully saturated rings. The minimum atomic E-state index is -0.240. The molecule has 0 N–H and O–H groups in total. The van der Waals surface area contributed by atoms with Gasteiger partial charge in [-0.1, -0.05) is 63.2 Å². The number of carbonyl (C=O) groups excluding carboxylic acids is 1. The zero-order valence-electron chi connectivity index (χ0n) is 12.1. The average molecular weight is 270 g/mol. The Bertz CT molecular complexity index is 609. The van der Waals surface area contributed by atoms with Crippen LogP contribution in [0.3, 0.4) is 0 Å². The van der Waals surface area contributed by atoms with E-state index in [1.165, 1.54) is 6.07 Å². The van der Waals surface area contributed by atoms with Crippen molar-refractivity contribution in [2.75, 3.05) is 0 Å². The van der Waals surface area contributed by atoms with Crippen molar-refractivity contribution >= 4 is 5.78 Å². The highest BCUT2D eigenvalue weighted by Gasteiger charge is 2.18. The summed E-state index contributed by atoms with van der Waals surface area (Å²) in [6, 6.07) is 14.2. The van der Waals surface area contributed by atoms with E-state index >= 15 is 0 Å². The molecule has 2 aromatic rings.